The maximum absolute atomic E-state index is 12.3. The van der Waals surface area contributed by atoms with E-state index in [0.29, 0.717) is 47.9 Å². The minimum absolute atomic E-state index is 0.351. The van der Waals surface area contributed by atoms with E-state index in [0.717, 1.165) is 5.69 Å². The molecule has 2 aromatic carbocycles. The molecule has 0 atom stereocenters. The summed E-state index contributed by atoms with van der Waals surface area (Å²) < 4.78 is 11.0. The van der Waals surface area contributed by atoms with Crippen LogP contribution in [0.2, 0.25) is 0 Å². The molecule has 0 saturated carbocycles. The van der Waals surface area contributed by atoms with Gasteiger partial charge in [0.1, 0.15) is 17.4 Å². The van der Waals surface area contributed by atoms with E-state index in [1.807, 2.05) is 51.1 Å². The Kier molecular flexibility index (Phi) is 7.05. The summed E-state index contributed by atoms with van der Waals surface area (Å²) in [5, 5.41) is 8.82. The number of ether oxygens (including phenoxy) is 2. The van der Waals surface area contributed by atoms with Gasteiger partial charge in [0.05, 0.1) is 18.9 Å². The fourth-order valence-electron chi connectivity index (χ4n) is 2.75. The van der Waals surface area contributed by atoms with E-state index < -0.39 is 0 Å². The minimum atomic E-state index is -0.351. The third kappa shape index (κ3) is 5.84. The van der Waals surface area contributed by atoms with Crippen molar-refractivity contribution in [2.75, 3.05) is 29.2 Å². The van der Waals surface area contributed by atoms with Crippen molar-refractivity contribution in [3.05, 3.63) is 60.4 Å². The molecule has 0 spiro atoms. The zero-order valence-electron chi connectivity index (χ0n) is 17.2. The number of anilines is 4. The molecule has 3 rings (SSSR count). The Labute approximate surface area is 175 Å². The first-order valence-electron chi connectivity index (χ1n) is 9.72. The predicted octanol–water partition coefficient (Wildman–Crippen LogP) is 4.97. The summed E-state index contributed by atoms with van der Waals surface area (Å²) in [4.78, 5) is 20.9. The van der Waals surface area contributed by atoms with E-state index in [9.17, 15) is 4.79 Å². The van der Waals surface area contributed by atoms with E-state index in [1.54, 1.807) is 24.3 Å². The van der Waals surface area contributed by atoms with Crippen LogP contribution < -0.4 is 25.4 Å². The average molecular weight is 407 g/mol. The number of benzene rings is 2. The first kappa shape index (κ1) is 20.9. The quantitative estimate of drug-likeness (QED) is 0.488. The summed E-state index contributed by atoms with van der Waals surface area (Å²) in [5.41, 5.74) is 2.09. The highest BCUT2D eigenvalue weighted by atomic mass is 16.5. The molecule has 156 valence electrons. The van der Waals surface area contributed by atoms with E-state index in [1.165, 1.54) is 0 Å². The summed E-state index contributed by atoms with van der Waals surface area (Å²) >= 11 is 0. The van der Waals surface area contributed by atoms with Crippen molar-refractivity contribution in [3.63, 3.8) is 0 Å². The summed E-state index contributed by atoms with van der Waals surface area (Å²) in [5.74, 6) is 2.40. The maximum Gasteiger partial charge on any atom is 0.323 e. The van der Waals surface area contributed by atoms with Crippen LogP contribution in [0.3, 0.4) is 0 Å². The number of para-hydroxylation sites is 2. The molecule has 1 aromatic heterocycles. The maximum atomic E-state index is 12.3. The van der Waals surface area contributed by atoms with Crippen molar-refractivity contribution in [3.8, 4) is 11.6 Å². The number of urea groups is 1. The van der Waals surface area contributed by atoms with Crippen LogP contribution in [0.4, 0.5) is 27.7 Å². The van der Waals surface area contributed by atoms with Crippen LogP contribution in [-0.2, 0) is 0 Å². The van der Waals surface area contributed by atoms with Gasteiger partial charge in [0.15, 0.2) is 0 Å². The van der Waals surface area contributed by atoms with E-state index in [2.05, 4.69) is 25.9 Å². The van der Waals surface area contributed by atoms with E-state index in [-0.39, 0.29) is 6.03 Å². The lowest BCUT2D eigenvalue weighted by atomic mass is 10.2. The van der Waals surface area contributed by atoms with Gasteiger partial charge < -0.3 is 25.4 Å². The molecule has 1 heterocycles. The SMILES string of the molecule is CCOc1cc(Nc2ccc(NC(=O)Nc3ccccc3OCC)cc2)nc(C)n1. The third-order valence-electron chi connectivity index (χ3n) is 3.96. The Morgan fingerprint density at radius 2 is 1.60 bits per heavy atom. The van der Waals surface area contributed by atoms with Gasteiger partial charge in [0.2, 0.25) is 5.88 Å². The van der Waals surface area contributed by atoms with E-state index >= 15 is 0 Å². The number of amides is 2. The van der Waals surface area contributed by atoms with Gasteiger partial charge >= 0.3 is 6.03 Å². The van der Waals surface area contributed by atoms with Crippen LogP contribution in [0.25, 0.3) is 0 Å². The number of nitrogens with one attached hydrogen (secondary N) is 3. The van der Waals surface area contributed by atoms with Crippen LogP contribution in [-0.4, -0.2) is 29.2 Å². The summed E-state index contributed by atoms with van der Waals surface area (Å²) in [6.45, 7) is 6.66. The van der Waals surface area contributed by atoms with Crippen molar-refractivity contribution in [2.45, 2.75) is 20.8 Å². The van der Waals surface area contributed by atoms with Crippen LogP contribution in [0.5, 0.6) is 11.6 Å². The Bertz CT molecular complexity index is 992. The fraction of sp³-hybridized carbons (Fsp3) is 0.227. The molecule has 8 nitrogen and oxygen atoms in total. The standard InChI is InChI=1S/C22H25N5O3/c1-4-29-19-9-7-6-8-18(19)27-22(28)26-17-12-10-16(11-13-17)25-20-14-21(30-5-2)24-15(3)23-20/h6-14H,4-5H2,1-3H3,(H,23,24,25)(H2,26,27,28). The molecule has 0 unspecified atom stereocenters. The number of aryl methyl sites for hydroxylation is 1. The Hall–Kier alpha value is -3.81. The van der Waals surface area contributed by atoms with Gasteiger partial charge in [0.25, 0.3) is 0 Å². The molecule has 0 aliphatic heterocycles. The van der Waals surface area contributed by atoms with Crippen molar-refractivity contribution in [1.29, 1.82) is 0 Å². The molecular weight excluding hydrogens is 382 g/mol. The normalized spacial score (nSPS) is 10.2. The Balaban J connectivity index is 1.61. The highest BCUT2D eigenvalue weighted by Gasteiger charge is 2.08. The lowest BCUT2D eigenvalue weighted by Crippen LogP contribution is -2.19. The van der Waals surface area contributed by atoms with Gasteiger partial charge in [-0.3, -0.25) is 0 Å². The molecule has 0 fully saturated rings. The van der Waals surface area contributed by atoms with Gasteiger partial charge in [-0.15, -0.1) is 0 Å². The minimum Gasteiger partial charge on any atom is -0.492 e. The van der Waals surface area contributed by atoms with Crippen molar-refractivity contribution in [2.24, 2.45) is 0 Å². The number of hydrogen-bond acceptors (Lipinski definition) is 6. The molecule has 8 heteroatoms. The second kappa shape index (κ2) is 10.1. The number of aromatic nitrogens is 2. The van der Waals surface area contributed by atoms with Crippen LogP contribution in [0.15, 0.2) is 54.6 Å². The number of rotatable bonds is 8. The molecule has 0 radical (unpaired) electrons. The van der Waals surface area contributed by atoms with Crippen LogP contribution in [0, 0.1) is 6.92 Å². The summed E-state index contributed by atoms with van der Waals surface area (Å²) in [7, 11) is 0. The Morgan fingerprint density at radius 1 is 0.900 bits per heavy atom. The predicted molar refractivity (Wildman–Crippen MR) is 118 cm³/mol. The molecule has 2 amide bonds. The highest BCUT2D eigenvalue weighted by molar-refractivity contribution is 6.00. The topological polar surface area (TPSA) is 97.4 Å². The zero-order chi connectivity index (χ0) is 21.3. The van der Waals surface area contributed by atoms with Gasteiger partial charge in [0, 0.05) is 17.4 Å². The molecule has 3 aromatic rings. The molecule has 0 saturated heterocycles. The lowest BCUT2D eigenvalue weighted by Gasteiger charge is -2.12. The number of nitrogens with zero attached hydrogens (tertiary/aromatic N) is 2. The summed E-state index contributed by atoms with van der Waals surface area (Å²) in [6.07, 6.45) is 0. The second-order valence-corrected chi connectivity index (χ2v) is 6.28. The van der Waals surface area contributed by atoms with Crippen LogP contribution >= 0.6 is 0 Å². The average Bonchev–Trinajstić information content (AvgIpc) is 2.71. The monoisotopic (exact) mass is 407 g/mol. The molecule has 0 bridgehead atoms. The van der Waals surface area contributed by atoms with Gasteiger partial charge in [-0.2, -0.15) is 4.98 Å². The van der Waals surface area contributed by atoms with Crippen molar-refractivity contribution >= 4 is 28.9 Å². The number of carbonyl (C=O) groups is 1. The molecule has 3 N–H and O–H groups in total. The second-order valence-electron chi connectivity index (χ2n) is 6.28. The summed E-state index contributed by atoms with van der Waals surface area (Å²) in [6, 6.07) is 16.0. The fourth-order valence-corrected chi connectivity index (χ4v) is 2.75. The molecule has 0 aliphatic rings. The first-order valence-corrected chi connectivity index (χ1v) is 9.72. The smallest absolute Gasteiger partial charge is 0.323 e. The van der Waals surface area contributed by atoms with Gasteiger partial charge in [-0.05, 0) is 57.2 Å². The first-order chi connectivity index (χ1) is 14.6. The van der Waals surface area contributed by atoms with Crippen molar-refractivity contribution in [1.82, 2.24) is 9.97 Å². The van der Waals surface area contributed by atoms with Crippen molar-refractivity contribution < 1.29 is 14.3 Å². The largest absolute Gasteiger partial charge is 0.492 e. The number of carbonyl (C=O) groups excluding carboxylic acids is 1. The zero-order valence-corrected chi connectivity index (χ0v) is 17.2. The molecule has 0 aliphatic carbocycles. The third-order valence-corrected chi connectivity index (χ3v) is 3.96. The van der Waals surface area contributed by atoms with Gasteiger partial charge in [-0.1, -0.05) is 12.1 Å². The van der Waals surface area contributed by atoms with Crippen LogP contribution in [0.1, 0.15) is 19.7 Å². The lowest BCUT2D eigenvalue weighted by molar-refractivity contribution is 0.262. The number of hydrogen-bond donors (Lipinski definition) is 3. The highest BCUT2D eigenvalue weighted by Crippen LogP contribution is 2.24. The van der Waals surface area contributed by atoms with Gasteiger partial charge in [-0.25, -0.2) is 9.78 Å². The Morgan fingerprint density at radius 3 is 2.33 bits per heavy atom. The molecular formula is C22H25N5O3. The molecule has 30 heavy (non-hydrogen) atoms. The van der Waals surface area contributed by atoms with E-state index in [4.69, 9.17) is 9.47 Å².